The first-order chi connectivity index (χ1) is 9.08. The molecule has 19 heavy (non-hydrogen) atoms. The van der Waals surface area contributed by atoms with Gasteiger partial charge in [0.15, 0.2) is 0 Å². The maximum Gasteiger partial charge on any atom is 0.145 e. The predicted molar refractivity (Wildman–Crippen MR) is 79.2 cm³/mol. The number of nitrogens with zero attached hydrogens (tertiary/aromatic N) is 3. The third-order valence-electron chi connectivity index (χ3n) is 2.39. The summed E-state index contributed by atoms with van der Waals surface area (Å²) in [7, 11) is 0. The summed E-state index contributed by atoms with van der Waals surface area (Å²) in [5.41, 5.74) is 3.38. The van der Waals surface area contributed by atoms with E-state index in [2.05, 4.69) is 41.6 Å². The molecule has 0 fully saturated rings. The van der Waals surface area contributed by atoms with E-state index in [-0.39, 0.29) is 5.92 Å². The molecule has 7 heteroatoms. The van der Waals surface area contributed by atoms with E-state index in [1.807, 2.05) is 19.9 Å². The van der Waals surface area contributed by atoms with Crippen LogP contribution in [-0.4, -0.2) is 15.0 Å². The number of nitrogens with two attached hydrogens (primary N) is 1. The van der Waals surface area contributed by atoms with E-state index in [0.29, 0.717) is 11.6 Å². The van der Waals surface area contributed by atoms with Crippen molar-refractivity contribution in [3.8, 4) is 0 Å². The topological polar surface area (TPSA) is 88.8 Å². The zero-order chi connectivity index (χ0) is 13.8. The van der Waals surface area contributed by atoms with E-state index in [0.717, 1.165) is 16.0 Å². The highest BCUT2D eigenvalue weighted by Gasteiger charge is 2.08. The van der Waals surface area contributed by atoms with Gasteiger partial charge in [0.05, 0.1) is 11.9 Å². The number of aromatic nitrogens is 3. The summed E-state index contributed by atoms with van der Waals surface area (Å²) in [6.45, 7) is 4.06. The highest BCUT2D eigenvalue weighted by Crippen LogP contribution is 2.21. The molecule has 0 aromatic carbocycles. The highest BCUT2D eigenvalue weighted by molar-refractivity contribution is 9.10. The lowest BCUT2D eigenvalue weighted by atomic mass is 10.2. The SMILES string of the molecule is CC(C)c1nc(NN)cc(Nc2cncc(Br)c2)n1. The van der Waals surface area contributed by atoms with E-state index >= 15 is 0 Å². The lowest BCUT2D eigenvalue weighted by Crippen LogP contribution is -2.12. The van der Waals surface area contributed by atoms with Crippen LogP contribution in [0.15, 0.2) is 29.0 Å². The minimum absolute atomic E-state index is 0.217. The zero-order valence-electron chi connectivity index (χ0n) is 10.7. The molecule has 0 saturated heterocycles. The third kappa shape index (κ3) is 3.62. The zero-order valence-corrected chi connectivity index (χ0v) is 12.3. The molecule has 4 N–H and O–H groups in total. The van der Waals surface area contributed by atoms with E-state index in [9.17, 15) is 0 Å². The minimum atomic E-state index is 0.217. The molecule has 0 aliphatic heterocycles. The number of hydrogen-bond donors (Lipinski definition) is 3. The Labute approximate surface area is 120 Å². The Kier molecular flexibility index (Phi) is 4.28. The number of anilines is 3. The quantitative estimate of drug-likeness (QED) is 0.592. The van der Waals surface area contributed by atoms with E-state index < -0.39 is 0 Å². The van der Waals surface area contributed by atoms with Crippen LogP contribution in [0.1, 0.15) is 25.6 Å². The number of nitrogen functional groups attached to an aromatic ring is 1. The van der Waals surface area contributed by atoms with Crippen LogP contribution < -0.4 is 16.6 Å². The summed E-state index contributed by atoms with van der Waals surface area (Å²) in [4.78, 5) is 12.8. The van der Waals surface area contributed by atoms with Crippen molar-refractivity contribution in [3.63, 3.8) is 0 Å². The van der Waals surface area contributed by atoms with Crippen molar-refractivity contribution < 1.29 is 0 Å². The maximum absolute atomic E-state index is 5.42. The molecular weight excluding hydrogens is 308 g/mol. The highest BCUT2D eigenvalue weighted by atomic mass is 79.9. The Hall–Kier alpha value is -1.73. The van der Waals surface area contributed by atoms with Crippen LogP contribution in [0.2, 0.25) is 0 Å². The molecule has 0 radical (unpaired) electrons. The molecule has 0 bridgehead atoms. The van der Waals surface area contributed by atoms with Gasteiger partial charge in [0, 0.05) is 22.7 Å². The van der Waals surface area contributed by atoms with Gasteiger partial charge >= 0.3 is 0 Å². The Balaban J connectivity index is 2.31. The molecule has 2 aromatic rings. The molecule has 2 rings (SSSR count). The smallest absolute Gasteiger partial charge is 0.145 e. The van der Waals surface area contributed by atoms with Crippen molar-refractivity contribution in [3.05, 3.63) is 34.8 Å². The number of hydrogen-bond acceptors (Lipinski definition) is 6. The molecular formula is C12H15BrN6. The molecule has 0 spiro atoms. The van der Waals surface area contributed by atoms with Crippen LogP contribution in [0, 0.1) is 0 Å². The summed E-state index contributed by atoms with van der Waals surface area (Å²) < 4.78 is 0.896. The van der Waals surface area contributed by atoms with Crippen LogP contribution in [0.5, 0.6) is 0 Å². The third-order valence-corrected chi connectivity index (χ3v) is 2.82. The van der Waals surface area contributed by atoms with Gasteiger partial charge in [0.25, 0.3) is 0 Å². The van der Waals surface area contributed by atoms with Crippen molar-refractivity contribution >= 4 is 33.3 Å². The summed E-state index contributed by atoms with van der Waals surface area (Å²) in [6, 6.07) is 3.66. The molecule has 100 valence electrons. The van der Waals surface area contributed by atoms with Crippen LogP contribution in [-0.2, 0) is 0 Å². The second-order valence-electron chi connectivity index (χ2n) is 4.31. The van der Waals surface area contributed by atoms with Crippen molar-refractivity contribution in [2.75, 3.05) is 10.7 Å². The predicted octanol–water partition coefficient (Wildman–Crippen LogP) is 2.79. The first-order valence-electron chi connectivity index (χ1n) is 5.81. The van der Waals surface area contributed by atoms with Crippen LogP contribution in [0.4, 0.5) is 17.3 Å². The Bertz CT molecular complexity index is 572. The second-order valence-corrected chi connectivity index (χ2v) is 5.23. The number of rotatable bonds is 4. The Morgan fingerprint density at radius 1 is 1.16 bits per heavy atom. The molecule has 0 aliphatic rings. The number of halogens is 1. The van der Waals surface area contributed by atoms with Gasteiger partial charge in [-0.2, -0.15) is 0 Å². The average molecular weight is 323 g/mol. The Morgan fingerprint density at radius 3 is 2.53 bits per heavy atom. The standard InChI is InChI=1S/C12H15BrN6/c1-7(2)12-17-10(4-11(18-12)19-14)16-9-3-8(13)5-15-6-9/h3-7H,14H2,1-2H3,(H2,16,17,18,19). The van der Waals surface area contributed by atoms with Gasteiger partial charge in [0.2, 0.25) is 0 Å². The van der Waals surface area contributed by atoms with E-state index in [4.69, 9.17) is 5.84 Å². The first kappa shape index (κ1) is 13.7. The van der Waals surface area contributed by atoms with Gasteiger partial charge in [-0.1, -0.05) is 13.8 Å². The van der Waals surface area contributed by atoms with Crippen LogP contribution in [0.3, 0.4) is 0 Å². The molecule has 0 aliphatic carbocycles. The van der Waals surface area contributed by atoms with Crippen molar-refractivity contribution in [1.82, 2.24) is 15.0 Å². The maximum atomic E-state index is 5.42. The van der Waals surface area contributed by atoms with Gasteiger partial charge in [-0.25, -0.2) is 15.8 Å². The molecule has 6 nitrogen and oxygen atoms in total. The van der Waals surface area contributed by atoms with E-state index in [1.165, 1.54) is 0 Å². The number of nitrogens with one attached hydrogen (secondary N) is 2. The second kappa shape index (κ2) is 5.94. The van der Waals surface area contributed by atoms with Gasteiger partial charge in [-0.15, -0.1) is 0 Å². The Morgan fingerprint density at radius 2 is 1.89 bits per heavy atom. The lowest BCUT2D eigenvalue weighted by molar-refractivity contribution is 0.777. The van der Waals surface area contributed by atoms with Crippen LogP contribution >= 0.6 is 15.9 Å². The number of hydrazine groups is 1. The first-order valence-corrected chi connectivity index (χ1v) is 6.61. The van der Waals surface area contributed by atoms with Crippen molar-refractivity contribution in [2.45, 2.75) is 19.8 Å². The van der Waals surface area contributed by atoms with Crippen LogP contribution in [0.25, 0.3) is 0 Å². The van der Waals surface area contributed by atoms with Gasteiger partial charge in [0.1, 0.15) is 17.5 Å². The summed E-state index contributed by atoms with van der Waals surface area (Å²) >= 11 is 3.37. The molecule has 0 atom stereocenters. The molecule has 0 saturated carbocycles. The fourth-order valence-electron chi connectivity index (χ4n) is 1.49. The molecule has 2 heterocycles. The van der Waals surface area contributed by atoms with Gasteiger partial charge in [-0.3, -0.25) is 4.98 Å². The molecule has 2 aromatic heterocycles. The fraction of sp³-hybridized carbons (Fsp3) is 0.250. The monoisotopic (exact) mass is 322 g/mol. The number of pyridine rings is 1. The van der Waals surface area contributed by atoms with E-state index in [1.54, 1.807) is 18.5 Å². The largest absolute Gasteiger partial charge is 0.339 e. The van der Waals surface area contributed by atoms with Gasteiger partial charge < -0.3 is 10.7 Å². The van der Waals surface area contributed by atoms with Crippen molar-refractivity contribution in [2.24, 2.45) is 5.84 Å². The van der Waals surface area contributed by atoms with Crippen molar-refractivity contribution in [1.29, 1.82) is 0 Å². The normalized spacial score (nSPS) is 10.6. The molecule has 0 amide bonds. The summed E-state index contributed by atoms with van der Waals surface area (Å²) in [5.74, 6) is 7.60. The summed E-state index contributed by atoms with van der Waals surface area (Å²) in [6.07, 6.45) is 3.44. The molecule has 0 unspecified atom stereocenters. The fourth-order valence-corrected chi connectivity index (χ4v) is 1.85. The average Bonchev–Trinajstić information content (AvgIpc) is 2.38. The lowest BCUT2D eigenvalue weighted by Gasteiger charge is -2.11. The van der Waals surface area contributed by atoms with Gasteiger partial charge in [-0.05, 0) is 22.0 Å². The summed E-state index contributed by atoms with van der Waals surface area (Å²) in [5, 5.41) is 3.18. The minimum Gasteiger partial charge on any atom is -0.339 e.